The summed E-state index contributed by atoms with van der Waals surface area (Å²) in [6.45, 7) is 6.23. The van der Waals surface area contributed by atoms with Crippen molar-refractivity contribution in [3.05, 3.63) is 34.9 Å². The molecule has 0 aromatic heterocycles. The van der Waals surface area contributed by atoms with Crippen molar-refractivity contribution in [1.82, 2.24) is 4.90 Å². The molecule has 1 aromatic carbocycles. The number of nitrogens with zero attached hydrogens (tertiary/aromatic N) is 1. The maximum absolute atomic E-state index is 5.88. The van der Waals surface area contributed by atoms with Crippen LogP contribution in [0.2, 0.25) is 5.02 Å². The topological polar surface area (TPSA) is 12.5 Å². The lowest BCUT2D eigenvalue weighted by Crippen LogP contribution is -2.38. The van der Waals surface area contributed by atoms with Crippen LogP contribution < -0.4 is 0 Å². The molecule has 0 atom stereocenters. The Morgan fingerprint density at radius 2 is 1.83 bits per heavy atom. The minimum Gasteiger partial charge on any atom is -0.376 e. The molecule has 1 saturated heterocycles. The molecule has 100 valence electrons. The Balaban J connectivity index is 1.76. The van der Waals surface area contributed by atoms with Crippen molar-refractivity contribution < 1.29 is 4.74 Å². The van der Waals surface area contributed by atoms with Crippen LogP contribution in [-0.2, 0) is 11.3 Å². The molecule has 0 unspecified atom stereocenters. The number of hydrogen-bond donors (Lipinski definition) is 0. The summed E-state index contributed by atoms with van der Waals surface area (Å²) in [4.78, 5) is 2.39. The quantitative estimate of drug-likeness (QED) is 0.827. The molecule has 3 heteroatoms. The summed E-state index contributed by atoms with van der Waals surface area (Å²) < 4.78 is 5.88. The third-order valence-electron chi connectivity index (χ3n) is 3.83. The van der Waals surface area contributed by atoms with Crippen LogP contribution in [0, 0.1) is 5.41 Å². The lowest BCUT2D eigenvalue weighted by Gasteiger charge is -2.37. The number of rotatable bonds is 4. The van der Waals surface area contributed by atoms with Gasteiger partial charge in [-0.25, -0.2) is 0 Å². The average Bonchev–Trinajstić information content (AvgIpc) is 2.36. The largest absolute Gasteiger partial charge is 0.376 e. The van der Waals surface area contributed by atoms with E-state index in [1.54, 1.807) is 0 Å². The van der Waals surface area contributed by atoms with Gasteiger partial charge in [0.1, 0.15) is 0 Å². The van der Waals surface area contributed by atoms with Crippen LogP contribution in [-0.4, -0.2) is 31.6 Å². The second-order valence-electron chi connectivity index (χ2n) is 5.73. The fraction of sp³-hybridized carbons (Fsp3) is 0.600. The number of ether oxygens (including phenoxy) is 1. The van der Waals surface area contributed by atoms with Gasteiger partial charge in [0.2, 0.25) is 0 Å². The van der Waals surface area contributed by atoms with E-state index in [4.69, 9.17) is 16.3 Å². The van der Waals surface area contributed by atoms with E-state index in [0.29, 0.717) is 12.0 Å². The molecular weight excluding hydrogens is 246 g/mol. The first-order valence-electron chi connectivity index (χ1n) is 6.58. The SMILES string of the molecule is CN1CCC(C)(COCc2ccc(Cl)cc2)CC1. The molecule has 2 nitrogen and oxygen atoms in total. The predicted octanol–water partition coefficient (Wildman–Crippen LogP) is 3.59. The maximum Gasteiger partial charge on any atom is 0.0717 e. The summed E-state index contributed by atoms with van der Waals surface area (Å²) in [6.07, 6.45) is 2.45. The Labute approximate surface area is 115 Å². The van der Waals surface area contributed by atoms with Crippen LogP contribution in [0.3, 0.4) is 0 Å². The van der Waals surface area contributed by atoms with E-state index in [9.17, 15) is 0 Å². The molecule has 1 heterocycles. The van der Waals surface area contributed by atoms with E-state index >= 15 is 0 Å². The minimum atomic E-state index is 0.346. The lowest BCUT2D eigenvalue weighted by atomic mass is 9.81. The first-order valence-corrected chi connectivity index (χ1v) is 6.96. The Kier molecular flexibility index (Phi) is 4.66. The molecular formula is C15H22ClNO. The van der Waals surface area contributed by atoms with Gasteiger partial charge >= 0.3 is 0 Å². The molecule has 0 amide bonds. The van der Waals surface area contributed by atoms with E-state index in [1.807, 2.05) is 24.3 Å². The van der Waals surface area contributed by atoms with E-state index in [1.165, 1.54) is 31.5 Å². The highest BCUT2D eigenvalue weighted by Gasteiger charge is 2.28. The summed E-state index contributed by atoms with van der Waals surface area (Å²) >= 11 is 5.86. The molecule has 1 aliphatic heterocycles. The van der Waals surface area contributed by atoms with E-state index in [0.717, 1.165) is 11.6 Å². The average molecular weight is 268 g/mol. The van der Waals surface area contributed by atoms with Crippen molar-refractivity contribution in [2.75, 3.05) is 26.7 Å². The first-order chi connectivity index (χ1) is 8.57. The second-order valence-corrected chi connectivity index (χ2v) is 6.17. The van der Waals surface area contributed by atoms with Crippen LogP contribution >= 0.6 is 11.6 Å². The van der Waals surface area contributed by atoms with E-state index in [-0.39, 0.29) is 0 Å². The third kappa shape index (κ3) is 3.98. The zero-order chi connectivity index (χ0) is 13.0. The van der Waals surface area contributed by atoms with Crippen molar-refractivity contribution in [1.29, 1.82) is 0 Å². The Hall–Kier alpha value is -0.570. The van der Waals surface area contributed by atoms with Gasteiger partial charge < -0.3 is 9.64 Å². The minimum absolute atomic E-state index is 0.346. The molecule has 0 N–H and O–H groups in total. The van der Waals surface area contributed by atoms with Gasteiger partial charge in [-0.1, -0.05) is 30.7 Å². The smallest absolute Gasteiger partial charge is 0.0717 e. The van der Waals surface area contributed by atoms with Gasteiger partial charge in [0, 0.05) is 5.02 Å². The number of likely N-dealkylation sites (tertiary alicyclic amines) is 1. The molecule has 0 radical (unpaired) electrons. The van der Waals surface area contributed by atoms with Crippen LogP contribution in [0.25, 0.3) is 0 Å². The van der Waals surface area contributed by atoms with Crippen molar-refractivity contribution in [3.8, 4) is 0 Å². The highest BCUT2D eigenvalue weighted by atomic mass is 35.5. The fourth-order valence-electron chi connectivity index (χ4n) is 2.30. The number of piperidine rings is 1. The molecule has 1 aliphatic rings. The predicted molar refractivity (Wildman–Crippen MR) is 75.9 cm³/mol. The molecule has 1 aromatic rings. The van der Waals surface area contributed by atoms with Crippen molar-refractivity contribution >= 4 is 11.6 Å². The highest BCUT2D eigenvalue weighted by molar-refractivity contribution is 6.30. The number of halogens is 1. The Bertz CT molecular complexity index is 369. The molecule has 0 saturated carbocycles. The molecule has 0 spiro atoms. The molecule has 1 fully saturated rings. The highest BCUT2D eigenvalue weighted by Crippen LogP contribution is 2.30. The molecule has 18 heavy (non-hydrogen) atoms. The van der Waals surface area contributed by atoms with E-state index in [2.05, 4.69) is 18.9 Å². The summed E-state index contributed by atoms with van der Waals surface area (Å²) in [5.74, 6) is 0. The van der Waals surface area contributed by atoms with Crippen LogP contribution in [0.1, 0.15) is 25.3 Å². The van der Waals surface area contributed by atoms with Gasteiger partial charge in [0.15, 0.2) is 0 Å². The summed E-state index contributed by atoms with van der Waals surface area (Å²) in [5, 5.41) is 0.779. The Morgan fingerprint density at radius 1 is 1.22 bits per heavy atom. The molecule has 0 aliphatic carbocycles. The zero-order valence-corrected chi connectivity index (χ0v) is 12.0. The summed E-state index contributed by atoms with van der Waals surface area (Å²) in [7, 11) is 2.19. The standard InChI is InChI=1S/C15H22ClNO/c1-15(7-9-17(2)10-8-15)12-18-11-13-3-5-14(16)6-4-13/h3-6H,7-12H2,1-2H3. The van der Waals surface area contributed by atoms with Gasteiger partial charge in [-0.15, -0.1) is 0 Å². The number of hydrogen-bond acceptors (Lipinski definition) is 2. The van der Waals surface area contributed by atoms with Crippen LogP contribution in [0.5, 0.6) is 0 Å². The van der Waals surface area contributed by atoms with Gasteiger partial charge in [-0.05, 0) is 56.1 Å². The zero-order valence-electron chi connectivity index (χ0n) is 11.3. The van der Waals surface area contributed by atoms with Crippen LogP contribution in [0.15, 0.2) is 24.3 Å². The van der Waals surface area contributed by atoms with E-state index < -0.39 is 0 Å². The second kappa shape index (κ2) is 6.05. The summed E-state index contributed by atoms with van der Waals surface area (Å²) in [5.41, 5.74) is 1.54. The third-order valence-corrected chi connectivity index (χ3v) is 4.08. The first kappa shape index (κ1) is 13.9. The van der Waals surface area contributed by atoms with Crippen molar-refractivity contribution in [2.45, 2.75) is 26.4 Å². The summed E-state index contributed by atoms with van der Waals surface area (Å²) in [6, 6.07) is 7.88. The van der Waals surface area contributed by atoms with Gasteiger partial charge in [-0.2, -0.15) is 0 Å². The maximum atomic E-state index is 5.88. The monoisotopic (exact) mass is 267 g/mol. The molecule has 2 rings (SSSR count). The normalized spacial score (nSPS) is 19.9. The molecule has 0 bridgehead atoms. The Morgan fingerprint density at radius 3 is 2.44 bits per heavy atom. The van der Waals surface area contributed by atoms with Gasteiger partial charge in [0.25, 0.3) is 0 Å². The van der Waals surface area contributed by atoms with Crippen LogP contribution in [0.4, 0.5) is 0 Å². The van der Waals surface area contributed by atoms with Crippen molar-refractivity contribution in [2.24, 2.45) is 5.41 Å². The fourth-order valence-corrected chi connectivity index (χ4v) is 2.42. The lowest BCUT2D eigenvalue weighted by molar-refractivity contribution is 0.00845. The van der Waals surface area contributed by atoms with Gasteiger partial charge in [0.05, 0.1) is 13.2 Å². The van der Waals surface area contributed by atoms with Gasteiger partial charge in [-0.3, -0.25) is 0 Å². The number of benzene rings is 1. The van der Waals surface area contributed by atoms with Crippen molar-refractivity contribution in [3.63, 3.8) is 0 Å².